The molecule has 4 heteroatoms. The Morgan fingerprint density at radius 3 is 1.80 bits per heavy atom. The molecule has 0 saturated carbocycles. The molecule has 0 aromatic heterocycles. The summed E-state index contributed by atoms with van der Waals surface area (Å²) in [4.78, 5) is 0. The SMILES string of the molecule is CC(C)c1cc2c(-c3ccccc3)cccc2[cH-]1.C[Si]C.Cc1ccc(-c2ccccc2)c2cc[cH-]c12.[Cl][Zr+2][Cl]. The first kappa shape index (κ1) is 32.3. The molecule has 0 atom stereocenters. The molecule has 0 aliphatic heterocycles. The van der Waals surface area contributed by atoms with Gasteiger partial charge in [0, 0.05) is 9.52 Å². The minimum absolute atomic E-state index is 0.584. The van der Waals surface area contributed by atoms with Gasteiger partial charge in [-0.2, -0.15) is 18.2 Å². The second kappa shape index (κ2) is 16.9. The van der Waals surface area contributed by atoms with Crippen molar-refractivity contribution in [2.45, 2.75) is 39.8 Å². The van der Waals surface area contributed by atoms with Gasteiger partial charge >= 0.3 is 37.9 Å². The van der Waals surface area contributed by atoms with Gasteiger partial charge in [0.25, 0.3) is 0 Å². The Morgan fingerprint density at radius 1 is 0.700 bits per heavy atom. The van der Waals surface area contributed by atoms with Gasteiger partial charge in [0.2, 0.25) is 0 Å². The van der Waals surface area contributed by atoms with Crippen LogP contribution in [0.2, 0.25) is 13.1 Å². The average Bonchev–Trinajstić information content (AvgIpc) is 3.64. The van der Waals surface area contributed by atoms with Crippen molar-refractivity contribution in [2.24, 2.45) is 0 Å². The van der Waals surface area contributed by atoms with Crippen molar-refractivity contribution >= 4 is 48.1 Å². The molecule has 2 radical (unpaired) electrons. The Kier molecular flexibility index (Phi) is 13.6. The van der Waals surface area contributed by atoms with Gasteiger partial charge in [-0.1, -0.05) is 118 Å². The molecular formula is C36H36Cl2SiZr. The van der Waals surface area contributed by atoms with E-state index < -0.39 is 20.8 Å². The van der Waals surface area contributed by atoms with Crippen LogP contribution in [-0.2, 0) is 20.8 Å². The molecule has 0 aliphatic rings. The number of halogens is 2. The van der Waals surface area contributed by atoms with Crippen LogP contribution in [0.1, 0.15) is 30.9 Å². The number of rotatable bonds is 3. The molecular weight excluding hydrogens is 623 g/mol. The van der Waals surface area contributed by atoms with Gasteiger partial charge in [-0.25, -0.2) is 0 Å². The van der Waals surface area contributed by atoms with Crippen LogP contribution in [0.25, 0.3) is 43.8 Å². The van der Waals surface area contributed by atoms with Gasteiger partial charge in [-0.3, -0.25) is 0 Å². The van der Waals surface area contributed by atoms with Gasteiger partial charge in [0.05, 0.1) is 0 Å². The molecule has 0 saturated heterocycles. The Labute approximate surface area is 261 Å². The summed E-state index contributed by atoms with van der Waals surface area (Å²) in [5.41, 5.74) is 8.02. The van der Waals surface area contributed by atoms with Crippen molar-refractivity contribution in [3.05, 3.63) is 132 Å². The van der Waals surface area contributed by atoms with Gasteiger partial charge in [-0.05, 0) is 17.0 Å². The fourth-order valence-corrected chi connectivity index (χ4v) is 4.72. The van der Waals surface area contributed by atoms with Crippen molar-refractivity contribution < 1.29 is 20.8 Å². The van der Waals surface area contributed by atoms with E-state index in [4.69, 9.17) is 17.0 Å². The zero-order valence-electron chi connectivity index (χ0n) is 23.9. The van der Waals surface area contributed by atoms with Crippen molar-refractivity contribution in [1.82, 2.24) is 0 Å². The molecule has 40 heavy (non-hydrogen) atoms. The number of hydrogen-bond donors (Lipinski definition) is 0. The molecule has 0 N–H and O–H groups in total. The van der Waals surface area contributed by atoms with Crippen LogP contribution in [-0.4, -0.2) is 9.52 Å². The summed E-state index contributed by atoms with van der Waals surface area (Å²) in [5, 5.41) is 5.43. The second-order valence-corrected chi connectivity index (χ2v) is 14.6. The van der Waals surface area contributed by atoms with E-state index in [1.54, 1.807) is 0 Å². The molecule has 0 heterocycles. The van der Waals surface area contributed by atoms with Gasteiger partial charge in [0.15, 0.2) is 0 Å². The zero-order chi connectivity index (χ0) is 28.9. The maximum atomic E-state index is 4.93. The van der Waals surface area contributed by atoms with E-state index in [-0.39, 0.29) is 0 Å². The van der Waals surface area contributed by atoms with Crippen molar-refractivity contribution in [1.29, 1.82) is 0 Å². The topological polar surface area (TPSA) is 0 Å². The predicted molar refractivity (Wildman–Crippen MR) is 178 cm³/mol. The van der Waals surface area contributed by atoms with Crippen LogP contribution in [0, 0.1) is 6.92 Å². The van der Waals surface area contributed by atoms with E-state index in [0.717, 1.165) is 9.52 Å². The number of benzene rings is 4. The molecule has 0 fully saturated rings. The number of aryl methyl sites for hydroxylation is 1. The molecule has 0 spiro atoms. The van der Waals surface area contributed by atoms with E-state index in [0.29, 0.717) is 5.92 Å². The van der Waals surface area contributed by atoms with E-state index in [1.165, 1.54) is 54.9 Å². The maximum absolute atomic E-state index is 4.93. The fourth-order valence-electron chi connectivity index (χ4n) is 4.72. The van der Waals surface area contributed by atoms with Gasteiger partial charge in [-0.15, -0.1) is 63.0 Å². The first-order chi connectivity index (χ1) is 19.4. The summed E-state index contributed by atoms with van der Waals surface area (Å²) in [6.45, 7) is 11.0. The van der Waals surface area contributed by atoms with Crippen molar-refractivity contribution in [2.75, 3.05) is 0 Å². The summed E-state index contributed by atoms with van der Waals surface area (Å²) in [6, 6.07) is 43.3. The molecule has 0 aliphatic carbocycles. The predicted octanol–water partition coefficient (Wildman–Crippen LogP) is 12.0. The van der Waals surface area contributed by atoms with Crippen LogP contribution >= 0.6 is 17.0 Å². The van der Waals surface area contributed by atoms with Crippen LogP contribution < -0.4 is 0 Å². The van der Waals surface area contributed by atoms with Crippen molar-refractivity contribution in [3.8, 4) is 22.3 Å². The Hall–Kier alpha value is -2.22. The third-order valence-corrected chi connectivity index (χ3v) is 6.64. The normalized spacial score (nSPS) is 10.1. The van der Waals surface area contributed by atoms with E-state index >= 15 is 0 Å². The summed E-state index contributed by atoms with van der Waals surface area (Å²) in [6.07, 6.45) is 0. The second-order valence-electron chi connectivity index (χ2n) is 9.84. The van der Waals surface area contributed by atoms with Gasteiger partial charge in [0.1, 0.15) is 0 Å². The van der Waals surface area contributed by atoms with E-state index in [2.05, 4.69) is 155 Å². The standard InChI is InChI=1S/C18H17.C16H13.C2H6Si.2ClH.Zr/c1-13(2)16-11-15-9-6-10-17(18(15)12-16)14-7-4-3-5-8-14;1-12-10-11-15(13-6-3-2-4-7-13)16-9-5-8-14(12)16;1-3-2;;;/h3-13H,1-2H3;2-11H,1H3;1-2H3;2*1H;/q2*-1;;;;+4/p-2. The van der Waals surface area contributed by atoms with Gasteiger partial charge < -0.3 is 0 Å². The molecule has 6 aromatic rings. The Balaban J connectivity index is 0.000000186. The summed E-state index contributed by atoms with van der Waals surface area (Å²) >= 11 is -0.826. The van der Waals surface area contributed by atoms with Crippen LogP contribution in [0.5, 0.6) is 0 Å². The average molecular weight is 659 g/mol. The third-order valence-electron chi connectivity index (χ3n) is 6.64. The quantitative estimate of drug-likeness (QED) is 0.131. The summed E-state index contributed by atoms with van der Waals surface area (Å²) in [7, 11) is 11.0. The molecule has 202 valence electrons. The molecule has 0 nitrogen and oxygen atoms in total. The first-order valence-electron chi connectivity index (χ1n) is 13.4. The molecule has 6 aromatic carbocycles. The van der Waals surface area contributed by atoms with Crippen LogP contribution in [0.3, 0.4) is 0 Å². The minimum atomic E-state index is -0.826. The Morgan fingerprint density at radius 2 is 1.25 bits per heavy atom. The molecule has 6 rings (SSSR count). The van der Waals surface area contributed by atoms with Crippen LogP contribution in [0.4, 0.5) is 0 Å². The Bertz CT molecular complexity index is 1560. The monoisotopic (exact) mass is 656 g/mol. The number of fused-ring (bicyclic) bond motifs is 2. The zero-order valence-corrected chi connectivity index (χ0v) is 28.9. The fraction of sp³-hybridized carbons (Fsp3) is 0.167. The van der Waals surface area contributed by atoms with E-state index in [9.17, 15) is 0 Å². The third kappa shape index (κ3) is 8.64. The number of hydrogen-bond acceptors (Lipinski definition) is 0. The molecule has 0 amide bonds. The summed E-state index contributed by atoms with van der Waals surface area (Å²) in [5.74, 6) is 0.584. The molecule has 0 bridgehead atoms. The van der Waals surface area contributed by atoms with Crippen molar-refractivity contribution in [3.63, 3.8) is 0 Å². The van der Waals surface area contributed by atoms with Crippen LogP contribution in [0.15, 0.2) is 121 Å². The van der Waals surface area contributed by atoms with E-state index in [1.807, 2.05) is 0 Å². The first-order valence-corrected chi connectivity index (χ1v) is 21.8. The molecule has 0 unspecified atom stereocenters. The summed E-state index contributed by atoms with van der Waals surface area (Å²) < 4.78 is 0.